The minimum atomic E-state index is 0.166. The number of phenolic OH excluding ortho intramolecular Hbond substituents is 1. The van der Waals surface area contributed by atoms with Crippen LogP contribution in [0.4, 0.5) is 0 Å². The van der Waals surface area contributed by atoms with Crippen molar-refractivity contribution in [1.29, 1.82) is 0 Å². The SMILES string of the molecule is COc1cc(C(CCN)N2CCOCC2)ccc1O. The molecule has 1 aromatic rings. The maximum Gasteiger partial charge on any atom is 0.160 e. The first-order chi connectivity index (χ1) is 9.26. The molecule has 1 unspecified atom stereocenters. The van der Waals surface area contributed by atoms with E-state index in [4.69, 9.17) is 15.2 Å². The first-order valence-corrected chi connectivity index (χ1v) is 6.65. The van der Waals surface area contributed by atoms with E-state index < -0.39 is 0 Å². The Bertz CT molecular complexity index is 406. The molecule has 1 saturated heterocycles. The second-order valence-electron chi connectivity index (χ2n) is 4.67. The van der Waals surface area contributed by atoms with E-state index in [2.05, 4.69) is 4.90 Å². The van der Waals surface area contributed by atoms with Crippen LogP contribution in [0.3, 0.4) is 0 Å². The fourth-order valence-electron chi connectivity index (χ4n) is 2.51. The summed E-state index contributed by atoms with van der Waals surface area (Å²) in [6.07, 6.45) is 0.883. The molecular formula is C14H22N2O3. The highest BCUT2D eigenvalue weighted by molar-refractivity contribution is 5.42. The van der Waals surface area contributed by atoms with Crippen molar-refractivity contribution in [3.05, 3.63) is 23.8 Å². The molecule has 1 fully saturated rings. The van der Waals surface area contributed by atoms with E-state index in [1.165, 1.54) is 0 Å². The Morgan fingerprint density at radius 3 is 2.79 bits per heavy atom. The quantitative estimate of drug-likeness (QED) is 0.836. The molecule has 0 amide bonds. The number of nitrogens with two attached hydrogens (primary N) is 1. The normalized spacial score (nSPS) is 18.2. The Hall–Kier alpha value is -1.30. The summed E-state index contributed by atoms with van der Waals surface area (Å²) in [7, 11) is 1.56. The largest absolute Gasteiger partial charge is 0.504 e. The highest BCUT2D eigenvalue weighted by atomic mass is 16.5. The van der Waals surface area contributed by atoms with Gasteiger partial charge in [-0.15, -0.1) is 0 Å². The number of aromatic hydroxyl groups is 1. The van der Waals surface area contributed by atoms with Gasteiger partial charge in [-0.25, -0.2) is 0 Å². The van der Waals surface area contributed by atoms with Crippen molar-refractivity contribution in [3.8, 4) is 11.5 Å². The lowest BCUT2D eigenvalue weighted by Crippen LogP contribution is -2.39. The molecule has 1 aliphatic rings. The van der Waals surface area contributed by atoms with E-state index in [1.807, 2.05) is 12.1 Å². The number of ether oxygens (including phenoxy) is 2. The van der Waals surface area contributed by atoms with Crippen molar-refractivity contribution in [1.82, 2.24) is 4.90 Å². The number of rotatable bonds is 5. The van der Waals surface area contributed by atoms with Crippen molar-refractivity contribution in [2.75, 3.05) is 40.0 Å². The van der Waals surface area contributed by atoms with Gasteiger partial charge in [0.25, 0.3) is 0 Å². The van der Waals surface area contributed by atoms with Gasteiger partial charge in [0.2, 0.25) is 0 Å². The van der Waals surface area contributed by atoms with Crippen molar-refractivity contribution < 1.29 is 14.6 Å². The van der Waals surface area contributed by atoms with Crippen molar-refractivity contribution >= 4 is 0 Å². The maximum absolute atomic E-state index is 9.67. The van der Waals surface area contributed by atoms with Crippen molar-refractivity contribution in [3.63, 3.8) is 0 Å². The van der Waals surface area contributed by atoms with Gasteiger partial charge < -0.3 is 20.3 Å². The molecule has 0 aromatic heterocycles. The van der Waals surface area contributed by atoms with Crippen LogP contribution in [-0.2, 0) is 4.74 Å². The lowest BCUT2D eigenvalue weighted by atomic mass is 10.0. The summed E-state index contributed by atoms with van der Waals surface area (Å²) < 4.78 is 10.6. The zero-order valence-electron chi connectivity index (χ0n) is 11.3. The summed E-state index contributed by atoms with van der Waals surface area (Å²) in [6, 6.07) is 5.76. The third kappa shape index (κ3) is 3.37. The molecule has 1 atom stereocenters. The van der Waals surface area contributed by atoms with Gasteiger partial charge in [0, 0.05) is 19.1 Å². The fraction of sp³-hybridized carbons (Fsp3) is 0.571. The van der Waals surface area contributed by atoms with Gasteiger partial charge in [-0.05, 0) is 30.7 Å². The van der Waals surface area contributed by atoms with Crippen LogP contribution in [0.5, 0.6) is 11.5 Å². The smallest absolute Gasteiger partial charge is 0.160 e. The van der Waals surface area contributed by atoms with E-state index in [0.717, 1.165) is 38.3 Å². The molecule has 19 heavy (non-hydrogen) atoms. The average Bonchev–Trinajstić information content (AvgIpc) is 2.46. The average molecular weight is 266 g/mol. The molecule has 1 heterocycles. The van der Waals surface area contributed by atoms with E-state index in [9.17, 15) is 5.11 Å². The molecule has 0 radical (unpaired) electrons. The fourth-order valence-corrected chi connectivity index (χ4v) is 2.51. The summed E-state index contributed by atoms with van der Waals surface area (Å²) in [5, 5.41) is 9.67. The van der Waals surface area contributed by atoms with Crippen LogP contribution >= 0.6 is 0 Å². The van der Waals surface area contributed by atoms with Crippen LogP contribution in [0, 0.1) is 0 Å². The number of hydrogen-bond acceptors (Lipinski definition) is 5. The molecule has 1 aliphatic heterocycles. The molecule has 5 nitrogen and oxygen atoms in total. The molecule has 2 rings (SSSR count). The Morgan fingerprint density at radius 2 is 2.16 bits per heavy atom. The minimum absolute atomic E-state index is 0.166. The molecule has 1 aromatic carbocycles. The van der Waals surface area contributed by atoms with Gasteiger partial charge in [0.15, 0.2) is 11.5 Å². The van der Waals surface area contributed by atoms with Crippen LogP contribution < -0.4 is 10.5 Å². The van der Waals surface area contributed by atoms with Gasteiger partial charge in [-0.1, -0.05) is 6.07 Å². The van der Waals surface area contributed by atoms with Gasteiger partial charge in [-0.3, -0.25) is 4.90 Å². The maximum atomic E-state index is 9.67. The van der Waals surface area contributed by atoms with E-state index >= 15 is 0 Å². The highest BCUT2D eigenvalue weighted by Gasteiger charge is 2.22. The summed E-state index contributed by atoms with van der Waals surface area (Å²) in [5.74, 6) is 0.674. The summed E-state index contributed by atoms with van der Waals surface area (Å²) in [6.45, 7) is 3.97. The number of morpholine rings is 1. The lowest BCUT2D eigenvalue weighted by molar-refractivity contribution is 0.0147. The zero-order chi connectivity index (χ0) is 13.7. The predicted molar refractivity (Wildman–Crippen MR) is 73.5 cm³/mol. The molecule has 5 heteroatoms. The molecule has 0 spiro atoms. The summed E-state index contributed by atoms with van der Waals surface area (Å²) >= 11 is 0. The standard InChI is InChI=1S/C14H22N2O3/c1-18-14-10-11(2-3-13(14)17)12(4-5-15)16-6-8-19-9-7-16/h2-3,10,12,17H,4-9,15H2,1H3. The van der Waals surface area contributed by atoms with Crippen LogP contribution in [0.1, 0.15) is 18.0 Å². The molecule has 0 aliphatic carbocycles. The predicted octanol–water partition coefficient (Wildman–Crippen LogP) is 1.12. The second kappa shape index (κ2) is 6.75. The van der Waals surface area contributed by atoms with Crippen molar-refractivity contribution in [2.45, 2.75) is 12.5 Å². The van der Waals surface area contributed by atoms with Crippen molar-refractivity contribution in [2.24, 2.45) is 5.73 Å². The van der Waals surface area contributed by atoms with E-state index in [-0.39, 0.29) is 11.8 Å². The van der Waals surface area contributed by atoms with Crippen LogP contribution in [0.25, 0.3) is 0 Å². The number of methoxy groups -OCH3 is 1. The Labute approximate surface area is 113 Å². The van der Waals surface area contributed by atoms with Crippen LogP contribution in [-0.4, -0.2) is 50.0 Å². The van der Waals surface area contributed by atoms with E-state index in [1.54, 1.807) is 13.2 Å². The number of hydrogen-bond donors (Lipinski definition) is 2. The molecular weight excluding hydrogens is 244 g/mol. The lowest BCUT2D eigenvalue weighted by Gasteiger charge is -2.34. The zero-order valence-corrected chi connectivity index (χ0v) is 11.3. The molecule has 106 valence electrons. The van der Waals surface area contributed by atoms with Crippen LogP contribution in [0.15, 0.2) is 18.2 Å². The Balaban J connectivity index is 2.22. The highest BCUT2D eigenvalue weighted by Crippen LogP contribution is 2.32. The van der Waals surface area contributed by atoms with Gasteiger partial charge in [0.1, 0.15) is 0 Å². The molecule has 0 bridgehead atoms. The number of benzene rings is 1. The second-order valence-corrected chi connectivity index (χ2v) is 4.67. The van der Waals surface area contributed by atoms with Crippen LogP contribution in [0.2, 0.25) is 0 Å². The summed E-state index contributed by atoms with van der Waals surface area (Å²) in [5.41, 5.74) is 6.86. The third-order valence-electron chi connectivity index (χ3n) is 3.52. The molecule has 0 saturated carbocycles. The topological polar surface area (TPSA) is 68.0 Å². The number of nitrogens with zero attached hydrogens (tertiary/aromatic N) is 1. The minimum Gasteiger partial charge on any atom is -0.504 e. The summed E-state index contributed by atoms with van der Waals surface area (Å²) in [4.78, 5) is 2.38. The van der Waals surface area contributed by atoms with Gasteiger partial charge >= 0.3 is 0 Å². The third-order valence-corrected chi connectivity index (χ3v) is 3.52. The number of phenols is 1. The first kappa shape index (κ1) is 14.1. The first-order valence-electron chi connectivity index (χ1n) is 6.65. The van der Waals surface area contributed by atoms with Gasteiger partial charge in [-0.2, -0.15) is 0 Å². The van der Waals surface area contributed by atoms with Gasteiger partial charge in [0.05, 0.1) is 20.3 Å². The Morgan fingerprint density at radius 1 is 1.42 bits per heavy atom. The Kier molecular flexibility index (Phi) is 5.01. The monoisotopic (exact) mass is 266 g/mol. The molecule has 3 N–H and O–H groups in total. The van der Waals surface area contributed by atoms with E-state index in [0.29, 0.717) is 12.3 Å².